The molecule has 0 aromatic heterocycles. The number of carboxylic acids is 1. The Morgan fingerprint density at radius 1 is 1.00 bits per heavy atom. The van der Waals surface area contributed by atoms with Crippen molar-refractivity contribution in [3.05, 3.63) is 60.2 Å². The number of hydrogen-bond donors (Lipinski definition) is 2. The largest absolute Gasteiger partial charge is 0.480 e. The second-order valence-electron chi connectivity index (χ2n) is 3.83. The molecule has 0 aliphatic heterocycles. The molecule has 0 aliphatic rings. The summed E-state index contributed by atoms with van der Waals surface area (Å²) in [5.74, 6) is -0.968. The SMILES string of the molecule is Cc1ccc(-c2ccccc2)cc1.NCC(=O)O. The molecule has 0 bridgehead atoms. The van der Waals surface area contributed by atoms with E-state index in [4.69, 9.17) is 5.11 Å². The van der Waals surface area contributed by atoms with Crippen molar-refractivity contribution in [1.29, 1.82) is 0 Å². The number of aryl methyl sites for hydroxylation is 1. The molecule has 0 spiro atoms. The molecule has 3 nitrogen and oxygen atoms in total. The van der Waals surface area contributed by atoms with Crippen molar-refractivity contribution >= 4 is 5.97 Å². The molecular weight excluding hydrogens is 226 g/mol. The molecule has 0 fully saturated rings. The van der Waals surface area contributed by atoms with Gasteiger partial charge >= 0.3 is 5.97 Å². The van der Waals surface area contributed by atoms with Crippen LogP contribution in [0.25, 0.3) is 11.1 Å². The number of nitrogens with two attached hydrogens (primary N) is 1. The van der Waals surface area contributed by atoms with Crippen LogP contribution in [0.1, 0.15) is 5.56 Å². The third-order valence-corrected chi connectivity index (χ3v) is 2.33. The van der Waals surface area contributed by atoms with Crippen molar-refractivity contribution in [3.8, 4) is 11.1 Å². The second-order valence-corrected chi connectivity index (χ2v) is 3.83. The van der Waals surface area contributed by atoms with E-state index in [2.05, 4.69) is 61.2 Å². The van der Waals surface area contributed by atoms with E-state index in [1.54, 1.807) is 0 Å². The summed E-state index contributed by atoms with van der Waals surface area (Å²) in [6, 6.07) is 19.0. The highest BCUT2D eigenvalue weighted by Gasteiger charge is 1.93. The van der Waals surface area contributed by atoms with Gasteiger partial charge in [0.05, 0.1) is 6.54 Å². The summed E-state index contributed by atoms with van der Waals surface area (Å²) in [4.78, 5) is 9.24. The van der Waals surface area contributed by atoms with E-state index in [0.717, 1.165) is 0 Å². The van der Waals surface area contributed by atoms with Crippen LogP contribution < -0.4 is 5.73 Å². The minimum Gasteiger partial charge on any atom is -0.480 e. The molecular formula is C15H17NO2. The Bertz CT molecular complexity index is 478. The Morgan fingerprint density at radius 2 is 1.44 bits per heavy atom. The topological polar surface area (TPSA) is 63.3 Å². The Morgan fingerprint density at radius 3 is 1.89 bits per heavy atom. The van der Waals surface area contributed by atoms with Gasteiger partial charge in [0.25, 0.3) is 0 Å². The smallest absolute Gasteiger partial charge is 0.317 e. The predicted octanol–water partition coefficient (Wildman–Crippen LogP) is 2.69. The van der Waals surface area contributed by atoms with Crippen LogP contribution >= 0.6 is 0 Å². The Balaban J connectivity index is 0.000000280. The standard InChI is InChI=1S/C13H12.C2H5NO2/c1-11-7-9-13(10-8-11)12-5-3-2-4-6-12;3-1-2(4)5/h2-10H,1H3;1,3H2,(H,4,5). The lowest BCUT2D eigenvalue weighted by molar-refractivity contribution is -0.135. The zero-order chi connectivity index (χ0) is 13.4. The van der Waals surface area contributed by atoms with Crippen LogP contribution in [0, 0.1) is 6.92 Å². The third kappa shape index (κ3) is 4.80. The number of aliphatic carboxylic acids is 1. The van der Waals surface area contributed by atoms with Gasteiger partial charge in [-0.1, -0.05) is 60.2 Å². The number of rotatable bonds is 2. The highest BCUT2D eigenvalue weighted by atomic mass is 16.4. The van der Waals surface area contributed by atoms with Gasteiger partial charge in [-0.2, -0.15) is 0 Å². The predicted molar refractivity (Wildman–Crippen MR) is 73.3 cm³/mol. The molecule has 3 N–H and O–H groups in total. The molecule has 2 aromatic carbocycles. The molecule has 0 heterocycles. The summed E-state index contributed by atoms with van der Waals surface area (Å²) in [7, 11) is 0. The van der Waals surface area contributed by atoms with Crippen LogP contribution in [0.2, 0.25) is 0 Å². The highest BCUT2D eigenvalue weighted by molar-refractivity contribution is 5.68. The Hall–Kier alpha value is -2.13. The maximum absolute atomic E-state index is 9.24. The van der Waals surface area contributed by atoms with Gasteiger partial charge in [0.1, 0.15) is 0 Å². The summed E-state index contributed by atoms with van der Waals surface area (Å²) in [5, 5.41) is 7.60. The van der Waals surface area contributed by atoms with Gasteiger partial charge in [0.15, 0.2) is 0 Å². The van der Waals surface area contributed by atoms with E-state index >= 15 is 0 Å². The fraction of sp³-hybridized carbons (Fsp3) is 0.133. The third-order valence-electron chi connectivity index (χ3n) is 2.33. The number of carboxylic acid groups (broad SMARTS) is 1. The minimum absolute atomic E-state index is 0.278. The van der Waals surface area contributed by atoms with Crippen LogP contribution in [0.5, 0.6) is 0 Å². The fourth-order valence-corrected chi connectivity index (χ4v) is 1.38. The molecule has 0 aliphatic carbocycles. The maximum Gasteiger partial charge on any atom is 0.317 e. The lowest BCUT2D eigenvalue weighted by atomic mass is 10.0. The molecule has 94 valence electrons. The molecule has 0 saturated heterocycles. The summed E-state index contributed by atoms with van der Waals surface area (Å²) in [6.45, 7) is 1.83. The van der Waals surface area contributed by atoms with E-state index in [0.29, 0.717) is 0 Å². The van der Waals surface area contributed by atoms with Crippen LogP contribution in [0.3, 0.4) is 0 Å². The summed E-state index contributed by atoms with van der Waals surface area (Å²) in [5.41, 5.74) is 8.44. The molecule has 0 radical (unpaired) electrons. The minimum atomic E-state index is -0.968. The lowest BCUT2D eigenvalue weighted by Gasteiger charge is -2.00. The van der Waals surface area contributed by atoms with E-state index in [9.17, 15) is 4.79 Å². The highest BCUT2D eigenvalue weighted by Crippen LogP contribution is 2.18. The average Bonchev–Trinajstić information content (AvgIpc) is 2.41. The van der Waals surface area contributed by atoms with Crippen LogP contribution in [-0.4, -0.2) is 17.6 Å². The van der Waals surface area contributed by atoms with Crippen LogP contribution in [0.15, 0.2) is 54.6 Å². The summed E-state index contributed by atoms with van der Waals surface area (Å²) >= 11 is 0. The molecule has 0 saturated carbocycles. The normalized spacial score (nSPS) is 9.22. The molecule has 2 rings (SSSR count). The van der Waals surface area contributed by atoms with Gasteiger partial charge in [-0.25, -0.2) is 0 Å². The Kier molecular flexibility index (Phi) is 5.61. The van der Waals surface area contributed by atoms with Crippen LogP contribution in [0.4, 0.5) is 0 Å². The van der Waals surface area contributed by atoms with Crippen molar-refractivity contribution in [1.82, 2.24) is 0 Å². The molecule has 18 heavy (non-hydrogen) atoms. The van der Waals surface area contributed by atoms with Gasteiger partial charge in [-0.05, 0) is 18.1 Å². The van der Waals surface area contributed by atoms with Gasteiger partial charge in [-0.3, -0.25) is 4.79 Å². The van der Waals surface area contributed by atoms with Gasteiger partial charge in [0, 0.05) is 0 Å². The first-order valence-corrected chi connectivity index (χ1v) is 5.67. The molecule has 0 atom stereocenters. The van der Waals surface area contributed by atoms with E-state index < -0.39 is 5.97 Å². The van der Waals surface area contributed by atoms with Gasteiger partial charge < -0.3 is 10.8 Å². The number of benzene rings is 2. The number of hydrogen-bond acceptors (Lipinski definition) is 2. The first-order chi connectivity index (χ1) is 8.63. The van der Waals surface area contributed by atoms with Crippen molar-refractivity contribution in [3.63, 3.8) is 0 Å². The first kappa shape index (κ1) is 13.9. The van der Waals surface area contributed by atoms with Gasteiger partial charge in [0.2, 0.25) is 0 Å². The second kappa shape index (κ2) is 7.25. The van der Waals surface area contributed by atoms with Crippen molar-refractivity contribution in [2.75, 3.05) is 6.54 Å². The Labute approximate surface area is 107 Å². The monoisotopic (exact) mass is 243 g/mol. The quantitative estimate of drug-likeness (QED) is 0.852. The van der Waals surface area contributed by atoms with E-state index in [1.807, 2.05) is 6.07 Å². The van der Waals surface area contributed by atoms with Crippen molar-refractivity contribution in [2.24, 2.45) is 5.73 Å². The van der Waals surface area contributed by atoms with Crippen molar-refractivity contribution in [2.45, 2.75) is 6.92 Å². The fourth-order valence-electron chi connectivity index (χ4n) is 1.38. The first-order valence-electron chi connectivity index (χ1n) is 5.67. The van der Waals surface area contributed by atoms with Crippen LogP contribution in [-0.2, 0) is 4.79 Å². The maximum atomic E-state index is 9.24. The number of carbonyl (C=O) groups is 1. The zero-order valence-electron chi connectivity index (χ0n) is 10.3. The van der Waals surface area contributed by atoms with E-state index in [1.165, 1.54) is 16.7 Å². The summed E-state index contributed by atoms with van der Waals surface area (Å²) < 4.78 is 0. The summed E-state index contributed by atoms with van der Waals surface area (Å²) in [6.07, 6.45) is 0. The van der Waals surface area contributed by atoms with E-state index in [-0.39, 0.29) is 6.54 Å². The van der Waals surface area contributed by atoms with Crippen molar-refractivity contribution < 1.29 is 9.90 Å². The van der Waals surface area contributed by atoms with Gasteiger partial charge in [-0.15, -0.1) is 0 Å². The molecule has 0 amide bonds. The molecule has 2 aromatic rings. The average molecular weight is 243 g/mol. The molecule has 0 unspecified atom stereocenters. The lowest BCUT2D eigenvalue weighted by Crippen LogP contribution is -2.10. The zero-order valence-corrected chi connectivity index (χ0v) is 10.3. The molecule has 3 heteroatoms.